The maximum atomic E-state index is 14.4. The van der Waals surface area contributed by atoms with E-state index >= 15 is 0 Å². The molecule has 1 saturated carbocycles. The summed E-state index contributed by atoms with van der Waals surface area (Å²) in [4.78, 5) is 19.9. The number of halogens is 1. The lowest BCUT2D eigenvalue weighted by molar-refractivity contribution is -0.122. The molecular formula is C20H25FN6O. The van der Waals surface area contributed by atoms with Gasteiger partial charge in [-0.1, -0.05) is 12.5 Å². The van der Waals surface area contributed by atoms with E-state index in [1.54, 1.807) is 6.07 Å². The lowest BCUT2D eigenvalue weighted by Crippen LogP contribution is -2.34. The highest BCUT2D eigenvalue weighted by Gasteiger charge is 2.26. The van der Waals surface area contributed by atoms with Gasteiger partial charge in [0.05, 0.1) is 6.20 Å². The minimum absolute atomic E-state index is 0.0505. The van der Waals surface area contributed by atoms with Crippen molar-refractivity contribution in [1.82, 2.24) is 19.7 Å². The molecule has 0 saturated heterocycles. The van der Waals surface area contributed by atoms with Crippen LogP contribution in [0.3, 0.4) is 0 Å². The van der Waals surface area contributed by atoms with Gasteiger partial charge in [0.1, 0.15) is 11.4 Å². The van der Waals surface area contributed by atoms with Crippen molar-refractivity contribution in [2.24, 2.45) is 11.7 Å². The van der Waals surface area contributed by atoms with Crippen molar-refractivity contribution >= 4 is 17.6 Å². The monoisotopic (exact) mass is 384 g/mol. The van der Waals surface area contributed by atoms with Gasteiger partial charge in [-0.3, -0.25) is 4.79 Å². The molecule has 2 aromatic rings. The molecule has 0 bridgehead atoms. The van der Waals surface area contributed by atoms with Crippen LogP contribution in [0.5, 0.6) is 0 Å². The summed E-state index contributed by atoms with van der Waals surface area (Å²) in [5.41, 5.74) is 7.24. The highest BCUT2D eigenvalue weighted by atomic mass is 19.1. The zero-order chi connectivity index (χ0) is 19.5. The van der Waals surface area contributed by atoms with Crippen molar-refractivity contribution in [1.29, 1.82) is 0 Å². The van der Waals surface area contributed by atoms with Gasteiger partial charge in [0.25, 0.3) is 0 Å². The van der Waals surface area contributed by atoms with Gasteiger partial charge in [-0.15, -0.1) is 0 Å². The molecule has 0 aliphatic heterocycles. The van der Waals surface area contributed by atoms with E-state index in [9.17, 15) is 9.18 Å². The van der Waals surface area contributed by atoms with Crippen LogP contribution in [-0.4, -0.2) is 31.7 Å². The van der Waals surface area contributed by atoms with Crippen molar-refractivity contribution in [2.45, 2.75) is 57.4 Å². The van der Waals surface area contributed by atoms with Gasteiger partial charge in [0, 0.05) is 23.9 Å². The second kappa shape index (κ2) is 8.08. The normalized spacial score (nSPS) is 22.5. The molecule has 7 nitrogen and oxygen atoms in total. The van der Waals surface area contributed by atoms with Gasteiger partial charge in [-0.2, -0.15) is 5.10 Å². The molecule has 0 radical (unpaired) electrons. The Morgan fingerprint density at radius 3 is 2.96 bits per heavy atom. The van der Waals surface area contributed by atoms with Gasteiger partial charge >= 0.3 is 0 Å². The number of carbonyl (C=O) groups is 1. The van der Waals surface area contributed by atoms with Gasteiger partial charge in [0.2, 0.25) is 11.9 Å². The number of carbonyl (C=O) groups excluding carboxylic acids is 1. The molecule has 148 valence electrons. The Morgan fingerprint density at radius 2 is 2.18 bits per heavy atom. The first-order chi connectivity index (χ1) is 13.6. The Labute approximate surface area is 163 Å². The maximum Gasteiger partial charge on any atom is 0.223 e. The molecule has 2 unspecified atom stereocenters. The molecule has 2 aliphatic carbocycles. The first-order valence-corrected chi connectivity index (χ1v) is 9.94. The fourth-order valence-corrected chi connectivity index (χ4v) is 4.02. The summed E-state index contributed by atoms with van der Waals surface area (Å²) in [7, 11) is 0. The number of nitrogens with two attached hydrogens (primary N) is 1. The summed E-state index contributed by atoms with van der Waals surface area (Å²) >= 11 is 0. The Kier molecular flexibility index (Phi) is 5.36. The molecule has 1 fully saturated rings. The van der Waals surface area contributed by atoms with E-state index in [0.29, 0.717) is 18.1 Å². The molecule has 2 heterocycles. The number of amides is 1. The topological polar surface area (TPSA) is 98.7 Å². The van der Waals surface area contributed by atoms with Gasteiger partial charge in [-0.25, -0.2) is 19.0 Å². The molecule has 3 N–H and O–H groups in total. The van der Waals surface area contributed by atoms with E-state index in [0.717, 1.165) is 50.4 Å². The highest BCUT2D eigenvalue weighted by molar-refractivity contribution is 5.76. The Hall–Kier alpha value is -2.77. The molecule has 0 aromatic carbocycles. The summed E-state index contributed by atoms with van der Waals surface area (Å²) in [6, 6.07) is 1.82. The van der Waals surface area contributed by atoms with Crippen LogP contribution in [0.1, 0.15) is 51.4 Å². The minimum Gasteiger partial charge on any atom is -0.369 e. The summed E-state index contributed by atoms with van der Waals surface area (Å²) < 4.78 is 16.2. The lowest BCUT2D eigenvalue weighted by Gasteiger charge is -2.27. The number of nitrogens with one attached hydrogen (secondary N) is 1. The van der Waals surface area contributed by atoms with Crippen LogP contribution >= 0.6 is 0 Å². The van der Waals surface area contributed by atoms with Crippen LogP contribution in [0.4, 0.5) is 10.3 Å². The fraction of sp³-hybridized carbons (Fsp3) is 0.500. The summed E-state index contributed by atoms with van der Waals surface area (Å²) in [5.74, 6) is -0.564. The fourth-order valence-electron chi connectivity index (χ4n) is 4.02. The molecule has 2 aliphatic rings. The number of rotatable bonds is 5. The van der Waals surface area contributed by atoms with Gasteiger partial charge in [0.15, 0.2) is 5.82 Å². The number of aromatic nitrogens is 4. The molecule has 2 atom stereocenters. The molecule has 0 spiro atoms. The third-order valence-corrected chi connectivity index (χ3v) is 5.55. The standard InChI is InChI=1S/C20H25FN6O/c21-16-12-23-20(24-14-6-4-5-13(11-14)19(22)28)25-18(16)17-9-10-27(26-17)15-7-2-1-3-8-15/h7,9-10,12-14H,1-6,8,11H2,(H2,22,28)(H,23,24,25). The van der Waals surface area contributed by atoms with Crippen LogP contribution in [0.2, 0.25) is 0 Å². The van der Waals surface area contributed by atoms with Crippen LogP contribution < -0.4 is 11.1 Å². The van der Waals surface area contributed by atoms with Crippen molar-refractivity contribution in [3.63, 3.8) is 0 Å². The predicted octanol–water partition coefficient (Wildman–Crippen LogP) is 3.35. The van der Waals surface area contributed by atoms with E-state index in [1.165, 1.54) is 6.42 Å². The molecule has 4 rings (SSSR count). The van der Waals surface area contributed by atoms with E-state index in [2.05, 4.69) is 26.5 Å². The van der Waals surface area contributed by atoms with Crippen molar-refractivity contribution in [2.75, 3.05) is 5.32 Å². The third-order valence-electron chi connectivity index (χ3n) is 5.55. The molecule has 2 aromatic heterocycles. The van der Waals surface area contributed by atoms with E-state index in [1.807, 2.05) is 10.9 Å². The smallest absolute Gasteiger partial charge is 0.223 e. The molecule has 28 heavy (non-hydrogen) atoms. The summed E-state index contributed by atoms with van der Waals surface area (Å²) in [6.07, 6.45) is 12.8. The zero-order valence-corrected chi connectivity index (χ0v) is 15.8. The second-order valence-electron chi connectivity index (χ2n) is 7.58. The number of hydrogen-bond acceptors (Lipinski definition) is 5. The SMILES string of the molecule is NC(=O)C1CCCC(Nc2ncc(F)c(-c3ccn(C4=CCCCC4)n3)n2)C1. The van der Waals surface area contributed by atoms with Crippen LogP contribution in [0.25, 0.3) is 17.1 Å². The predicted molar refractivity (Wildman–Crippen MR) is 105 cm³/mol. The van der Waals surface area contributed by atoms with E-state index in [4.69, 9.17) is 5.73 Å². The molecular weight excluding hydrogens is 359 g/mol. The number of hydrogen-bond donors (Lipinski definition) is 2. The molecule has 1 amide bonds. The number of nitrogens with zero attached hydrogens (tertiary/aromatic N) is 4. The van der Waals surface area contributed by atoms with E-state index in [-0.39, 0.29) is 23.6 Å². The van der Waals surface area contributed by atoms with Crippen LogP contribution in [0.15, 0.2) is 24.5 Å². The highest BCUT2D eigenvalue weighted by Crippen LogP contribution is 2.27. The van der Waals surface area contributed by atoms with Crippen LogP contribution in [-0.2, 0) is 4.79 Å². The second-order valence-corrected chi connectivity index (χ2v) is 7.58. The average Bonchev–Trinajstić information content (AvgIpc) is 3.20. The Balaban J connectivity index is 1.52. The summed E-state index contributed by atoms with van der Waals surface area (Å²) in [6.45, 7) is 0. The van der Waals surface area contributed by atoms with Gasteiger partial charge in [-0.05, 0) is 51.0 Å². The summed E-state index contributed by atoms with van der Waals surface area (Å²) in [5, 5.41) is 7.75. The first-order valence-electron chi connectivity index (χ1n) is 9.94. The first kappa shape index (κ1) is 18.6. The van der Waals surface area contributed by atoms with Crippen LogP contribution in [0, 0.1) is 11.7 Å². The number of primary amides is 1. The lowest BCUT2D eigenvalue weighted by atomic mass is 9.85. The zero-order valence-electron chi connectivity index (χ0n) is 15.8. The average molecular weight is 384 g/mol. The van der Waals surface area contributed by atoms with Crippen molar-refractivity contribution < 1.29 is 9.18 Å². The van der Waals surface area contributed by atoms with Crippen molar-refractivity contribution in [3.8, 4) is 11.4 Å². The number of allylic oxidation sites excluding steroid dienone is 2. The Bertz CT molecular complexity index is 893. The minimum atomic E-state index is -0.507. The van der Waals surface area contributed by atoms with E-state index < -0.39 is 5.82 Å². The maximum absolute atomic E-state index is 14.4. The molecule has 8 heteroatoms. The quantitative estimate of drug-likeness (QED) is 0.824. The number of anilines is 1. The third kappa shape index (κ3) is 4.05. The van der Waals surface area contributed by atoms with Crippen molar-refractivity contribution in [3.05, 3.63) is 30.4 Å². The van der Waals surface area contributed by atoms with Gasteiger partial charge < -0.3 is 11.1 Å². The Morgan fingerprint density at radius 1 is 1.29 bits per heavy atom. The largest absolute Gasteiger partial charge is 0.369 e.